The number of hydrogen-bond acceptors (Lipinski definition) is 5. The summed E-state index contributed by atoms with van der Waals surface area (Å²) in [5, 5.41) is 9.81. The third kappa shape index (κ3) is 3.23. The molecular formula is C14H23N3O2. The second-order valence-electron chi connectivity index (χ2n) is 5.12. The van der Waals surface area contributed by atoms with Gasteiger partial charge in [-0.2, -0.15) is 0 Å². The van der Waals surface area contributed by atoms with Crippen LogP contribution in [-0.4, -0.2) is 43.5 Å². The molecule has 3 N–H and O–H groups in total. The molecule has 0 fully saturated rings. The molecule has 1 aromatic rings. The van der Waals surface area contributed by atoms with Gasteiger partial charge in [-0.25, -0.2) is 4.98 Å². The number of aliphatic hydroxyl groups excluding tert-OH is 1. The van der Waals surface area contributed by atoms with Crippen molar-refractivity contribution in [2.75, 3.05) is 32.2 Å². The van der Waals surface area contributed by atoms with Gasteiger partial charge in [-0.1, -0.05) is 0 Å². The van der Waals surface area contributed by atoms with E-state index in [0.29, 0.717) is 19.7 Å². The van der Waals surface area contributed by atoms with Gasteiger partial charge >= 0.3 is 0 Å². The Morgan fingerprint density at radius 1 is 1.53 bits per heavy atom. The number of aryl methyl sites for hydroxylation is 2. The van der Waals surface area contributed by atoms with Gasteiger partial charge in [0, 0.05) is 38.5 Å². The lowest BCUT2D eigenvalue weighted by atomic mass is 10.1. The molecule has 19 heavy (non-hydrogen) atoms. The van der Waals surface area contributed by atoms with E-state index in [1.807, 2.05) is 11.9 Å². The first-order chi connectivity index (χ1) is 9.15. The van der Waals surface area contributed by atoms with Gasteiger partial charge in [0.1, 0.15) is 5.82 Å². The van der Waals surface area contributed by atoms with Crippen molar-refractivity contribution in [3.63, 3.8) is 0 Å². The molecule has 1 aliphatic rings. The van der Waals surface area contributed by atoms with Gasteiger partial charge in [-0.3, -0.25) is 0 Å². The number of rotatable bonds is 6. The van der Waals surface area contributed by atoms with Crippen LogP contribution in [0.25, 0.3) is 0 Å². The Bertz CT molecular complexity index is 437. The van der Waals surface area contributed by atoms with Crippen molar-refractivity contribution in [2.24, 2.45) is 5.73 Å². The summed E-state index contributed by atoms with van der Waals surface area (Å²) in [4.78, 5) is 6.69. The maximum Gasteiger partial charge on any atom is 0.133 e. The highest BCUT2D eigenvalue weighted by Crippen LogP contribution is 2.26. The van der Waals surface area contributed by atoms with E-state index in [-0.39, 0.29) is 0 Å². The van der Waals surface area contributed by atoms with Crippen LogP contribution in [0.5, 0.6) is 0 Å². The van der Waals surface area contributed by atoms with Crippen molar-refractivity contribution in [2.45, 2.75) is 31.9 Å². The van der Waals surface area contributed by atoms with Gasteiger partial charge < -0.3 is 20.5 Å². The number of methoxy groups -OCH3 is 1. The van der Waals surface area contributed by atoms with Crippen LogP contribution in [0, 0.1) is 0 Å². The average Bonchev–Trinajstić information content (AvgIpc) is 2.84. The maximum absolute atomic E-state index is 9.81. The lowest BCUT2D eigenvalue weighted by Gasteiger charge is -2.24. The SMILES string of the molecule is COCC(O)CN(C)c1nc2c(cc1CN)CCC2. The summed E-state index contributed by atoms with van der Waals surface area (Å²) in [6, 6.07) is 2.17. The minimum absolute atomic E-state index is 0.327. The Morgan fingerprint density at radius 2 is 2.32 bits per heavy atom. The second kappa shape index (κ2) is 6.32. The number of anilines is 1. The number of aliphatic hydroxyl groups is 1. The van der Waals surface area contributed by atoms with Crippen LogP contribution in [0.3, 0.4) is 0 Å². The average molecular weight is 265 g/mol. The van der Waals surface area contributed by atoms with Crippen LogP contribution in [0.1, 0.15) is 23.2 Å². The molecule has 0 radical (unpaired) electrons. The minimum Gasteiger partial charge on any atom is -0.389 e. The monoisotopic (exact) mass is 265 g/mol. The molecule has 5 nitrogen and oxygen atoms in total. The van der Waals surface area contributed by atoms with Crippen molar-refractivity contribution in [3.8, 4) is 0 Å². The van der Waals surface area contributed by atoms with E-state index in [1.54, 1.807) is 7.11 Å². The van der Waals surface area contributed by atoms with E-state index in [1.165, 1.54) is 17.7 Å². The van der Waals surface area contributed by atoms with Crippen LogP contribution >= 0.6 is 0 Å². The standard InChI is InChI=1S/C14H23N3O2/c1-17(8-12(18)9-19-2)14-11(7-15)6-10-4-3-5-13(10)16-14/h6,12,18H,3-5,7-9,15H2,1-2H3. The molecule has 106 valence electrons. The fourth-order valence-corrected chi connectivity index (χ4v) is 2.64. The number of nitrogens with two attached hydrogens (primary N) is 1. The topological polar surface area (TPSA) is 71.6 Å². The summed E-state index contributed by atoms with van der Waals surface area (Å²) in [7, 11) is 3.52. The summed E-state index contributed by atoms with van der Waals surface area (Å²) in [5.41, 5.74) is 9.38. The van der Waals surface area contributed by atoms with E-state index in [2.05, 4.69) is 6.07 Å². The Balaban J connectivity index is 2.18. The van der Waals surface area contributed by atoms with E-state index in [0.717, 1.165) is 24.2 Å². The zero-order chi connectivity index (χ0) is 13.8. The predicted octanol–water partition coefficient (Wildman–Crippen LogP) is 0.473. The minimum atomic E-state index is -0.518. The van der Waals surface area contributed by atoms with Gasteiger partial charge in [0.25, 0.3) is 0 Å². The largest absolute Gasteiger partial charge is 0.389 e. The van der Waals surface area contributed by atoms with Crippen LogP contribution in [0.4, 0.5) is 5.82 Å². The van der Waals surface area contributed by atoms with Crippen LogP contribution in [-0.2, 0) is 24.1 Å². The molecule has 0 saturated heterocycles. The molecule has 0 bridgehead atoms. The smallest absolute Gasteiger partial charge is 0.133 e. The number of nitrogens with zero attached hydrogens (tertiary/aromatic N) is 2. The van der Waals surface area contributed by atoms with Crippen molar-refractivity contribution >= 4 is 5.82 Å². The lowest BCUT2D eigenvalue weighted by Crippen LogP contribution is -2.33. The summed E-state index contributed by atoms with van der Waals surface area (Å²) in [5.74, 6) is 0.887. The molecular weight excluding hydrogens is 242 g/mol. The van der Waals surface area contributed by atoms with Crippen molar-refractivity contribution in [1.29, 1.82) is 0 Å². The highest BCUT2D eigenvalue weighted by Gasteiger charge is 2.19. The highest BCUT2D eigenvalue weighted by atomic mass is 16.5. The number of pyridine rings is 1. The number of ether oxygens (including phenoxy) is 1. The Kier molecular flexibility index (Phi) is 4.74. The van der Waals surface area contributed by atoms with Crippen molar-refractivity contribution in [3.05, 3.63) is 22.9 Å². The zero-order valence-corrected chi connectivity index (χ0v) is 11.7. The third-order valence-corrected chi connectivity index (χ3v) is 3.53. The van der Waals surface area contributed by atoms with Crippen LogP contribution in [0.15, 0.2) is 6.07 Å². The lowest BCUT2D eigenvalue weighted by molar-refractivity contribution is 0.0694. The molecule has 0 saturated carbocycles. The second-order valence-corrected chi connectivity index (χ2v) is 5.12. The molecule has 2 rings (SSSR count). The Labute approximate surface area is 114 Å². The van der Waals surface area contributed by atoms with Crippen LogP contribution in [0.2, 0.25) is 0 Å². The van der Waals surface area contributed by atoms with Gasteiger partial charge in [0.05, 0.1) is 12.7 Å². The maximum atomic E-state index is 9.81. The molecule has 0 aliphatic heterocycles. The molecule has 1 heterocycles. The van der Waals surface area contributed by atoms with E-state index in [9.17, 15) is 5.11 Å². The van der Waals surface area contributed by atoms with Crippen LogP contribution < -0.4 is 10.6 Å². The molecule has 0 spiro atoms. The summed E-state index contributed by atoms with van der Waals surface area (Å²) >= 11 is 0. The predicted molar refractivity (Wildman–Crippen MR) is 75.3 cm³/mol. The molecule has 1 unspecified atom stereocenters. The fourth-order valence-electron chi connectivity index (χ4n) is 2.64. The Hall–Kier alpha value is -1.17. The fraction of sp³-hybridized carbons (Fsp3) is 0.643. The summed E-state index contributed by atoms with van der Waals surface area (Å²) < 4.78 is 4.95. The Morgan fingerprint density at radius 3 is 3.00 bits per heavy atom. The highest BCUT2D eigenvalue weighted by molar-refractivity contribution is 5.50. The van der Waals surface area contributed by atoms with E-state index < -0.39 is 6.10 Å². The van der Waals surface area contributed by atoms with Gasteiger partial charge in [0.15, 0.2) is 0 Å². The number of hydrogen-bond donors (Lipinski definition) is 2. The quantitative estimate of drug-likeness (QED) is 0.782. The molecule has 1 aromatic heterocycles. The molecule has 0 amide bonds. The number of fused-ring (bicyclic) bond motifs is 1. The van der Waals surface area contributed by atoms with Gasteiger partial charge in [-0.15, -0.1) is 0 Å². The first kappa shape index (κ1) is 14.2. The zero-order valence-electron chi connectivity index (χ0n) is 11.7. The molecule has 1 aliphatic carbocycles. The summed E-state index contributed by atoms with van der Waals surface area (Å²) in [6.45, 7) is 1.29. The molecule has 5 heteroatoms. The summed E-state index contributed by atoms with van der Waals surface area (Å²) in [6.07, 6.45) is 2.80. The van der Waals surface area contributed by atoms with E-state index >= 15 is 0 Å². The normalized spacial score (nSPS) is 15.4. The van der Waals surface area contributed by atoms with Crippen molar-refractivity contribution < 1.29 is 9.84 Å². The third-order valence-electron chi connectivity index (χ3n) is 3.53. The number of aromatic nitrogens is 1. The van der Waals surface area contributed by atoms with Gasteiger partial charge in [0.2, 0.25) is 0 Å². The molecule has 1 atom stereocenters. The first-order valence-electron chi connectivity index (χ1n) is 6.75. The van der Waals surface area contributed by atoms with E-state index in [4.69, 9.17) is 15.5 Å². The van der Waals surface area contributed by atoms with Gasteiger partial charge in [-0.05, 0) is 30.9 Å². The molecule has 0 aromatic carbocycles. The first-order valence-corrected chi connectivity index (χ1v) is 6.75. The number of likely N-dealkylation sites (N-methyl/N-ethyl adjacent to an activating group) is 1. The van der Waals surface area contributed by atoms with Crippen molar-refractivity contribution in [1.82, 2.24) is 4.98 Å².